The van der Waals surface area contributed by atoms with E-state index in [0.29, 0.717) is 6.04 Å². The van der Waals surface area contributed by atoms with Gasteiger partial charge < -0.3 is 9.73 Å². The van der Waals surface area contributed by atoms with E-state index in [1.54, 1.807) is 0 Å². The number of hydrogen-bond acceptors (Lipinski definition) is 3. The zero-order valence-electron chi connectivity index (χ0n) is 10.1. The summed E-state index contributed by atoms with van der Waals surface area (Å²) in [5.74, 6) is 1.78. The first-order valence-electron chi connectivity index (χ1n) is 6.37. The van der Waals surface area contributed by atoms with Crippen LogP contribution in [0.5, 0.6) is 0 Å². The van der Waals surface area contributed by atoms with Gasteiger partial charge >= 0.3 is 0 Å². The fraction of sp³-hybridized carbons (Fsp3) is 0.500. The molecule has 3 nitrogen and oxygen atoms in total. The summed E-state index contributed by atoms with van der Waals surface area (Å²) in [7, 11) is 2.02. The van der Waals surface area contributed by atoms with E-state index in [4.69, 9.17) is 4.42 Å². The highest BCUT2D eigenvalue weighted by Gasteiger charge is 2.25. The van der Waals surface area contributed by atoms with E-state index >= 15 is 0 Å². The standard InChI is InChI=1S/C14H18N2O/c1-15-11(8-10-6-7-10)9-14-16-12-4-2-3-5-13(12)17-14/h2-5,10-11,15H,6-9H2,1H3. The normalized spacial score (nSPS) is 17.5. The van der Waals surface area contributed by atoms with Gasteiger partial charge in [0, 0.05) is 12.5 Å². The Morgan fingerprint density at radius 3 is 2.94 bits per heavy atom. The van der Waals surface area contributed by atoms with Crippen molar-refractivity contribution in [3.63, 3.8) is 0 Å². The molecule has 0 amide bonds. The first-order chi connectivity index (χ1) is 8.35. The Labute approximate surface area is 101 Å². The summed E-state index contributed by atoms with van der Waals surface area (Å²) < 4.78 is 5.75. The molecule has 3 rings (SSSR count). The first kappa shape index (κ1) is 10.8. The molecule has 1 unspecified atom stereocenters. The van der Waals surface area contributed by atoms with Crippen LogP contribution in [0.1, 0.15) is 25.2 Å². The monoisotopic (exact) mass is 230 g/mol. The van der Waals surface area contributed by atoms with E-state index in [1.807, 2.05) is 31.3 Å². The van der Waals surface area contributed by atoms with Crippen LogP contribution in [0.4, 0.5) is 0 Å². The average molecular weight is 230 g/mol. The van der Waals surface area contributed by atoms with Crippen LogP contribution in [0.15, 0.2) is 28.7 Å². The molecule has 1 aliphatic carbocycles. The van der Waals surface area contributed by atoms with Gasteiger partial charge in [-0.05, 0) is 31.5 Å². The van der Waals surface area contributed by atoms with Gasteiger partial charge in [0.2, 0.25) is 0 Å². The number of para-hydroxylation sites is 2. The maximum atomic E-state index is 5.75. The Balaban J connectivity index is 1.73. The number of nitrogens with zero attached hydrogens (tertiary/aromatic N) is 1. The van der Waals surface area contributed by atoms with Gasteiger partial charge in [-0.15, -0.1) is 0 Å². The molecule has 0 radical (unpaired) electrons. The smallest absolute Gasteiger partial charge is 0.197 e. The molecule has 3 heteroatoms. The molecule has 1 aromatic heterocycles. The summed E-state index contributed by atoms with van der Waals surface area (Å²) in [5.41, 5.74) is 1.85. The molecule has 0 spiro atoms. The molecule has 1 aliphatic rings. The third-order valence-corrected chi connectivity index (χ3v) is 3.48. The summed E-state index contributed by atoms with van der Waals surface area (Å²) in [5, 5.41) is 3.37. The summed E-state index contributed by atoms with van der Waals surface area (Å²) in [6, 6.07) is 8.44. The first-order valence-corrected chi connectivity index (χ1v) is 6.37. The van der Waals surface area contributed by atoms with Crippen molar-refractivity contribution in [1.82, 2.24) is 10.3 Å². The van der Waals surface area contributed by atoms with Gasteiger partial charge in [-0.2, -0.15) is 0 Å². The predicted octanol–water partition coefficient (Wildman–Crippen LogP) is 2.76. The molecule has 2 aromatic rings. The number of benzene rings is 1. The minimum absolute atomic E-state index is 0.496. The van der Waals surface area contributed by atoms with Crippen molar-refractivity contribution < 1.29 is 4.42 Å². The van der Waals surface area contributed by atoms with Crippen molar-refractivity contribution in [3.05, 3.63) is 30.2 Å². The lowest BCUT2D eigenvalue weighted by Gasteiger charge is -2.12. The number of rotatable bonds is 5. The molecule has 90 valence electrons. The Kier molecular flexibility index (Phi) is 2.85. The van der Waals surface area contributed by atoms with Crippen LogP contribution in [-0.2, 0) is 6.42 Å². The van der Waals surface area contributed by atoms with E-state index < -0.39 is 0 Å². The highest BCUT2D eigenvalue weighted by atomic mass is 16.3. The summed E-state index contributed by atoms with van der Waals surface area (Å²) in [4.78, 5) is 4.52. The number of aromatic nitrogens is 1. The van der Waals surface area contributed by atoms with Crippen molar-refractivity contribution in [2.45, 2.75) is 31.7 Å². The number of oxazole rings is 1. The summed E-state index contributed by atoms with van der Waals surface area (Å²) >= 11 is 0. The minimum atomic E-state index is 0.496. The van der Waals surface area contributed by atoms with Crippen molar-refractivity contribution in [3.8, 4) is 0 Å². The van der Waals surface area contributed by atoms with Crippen LogP contribution in [0.3, 0.4) is 0 Å². The van der Waals surface area contributed by atoms with Gasteiger partial charge in [0.15, 0.2) is 11.5 Å². The molecule has 1 saturated carbocycles. The van der Waals surface area contributed by atoms with Crippen LogP contribution in [0.2, 0.25) is 0 Å². The van der Waals surface area contributed by atoms with Gasteiger partial charge in [-0.25, -0.2) is 4.98 Å². The second kappa shape index (κ2) is 4.49. The molecule has 0 saturated heterocycles. The van der Waals surface area contributed by atoms with Crippen molar-refractivity contribution in [1.29, 1.82) is 0 Å². The Bertz CT molecular complexity index is 469. The minimum Gasteiger partial charge on any atom is -0.441 e. The molecule has 0 bridgehead atoms. The summed E-state index contributed by atoms with van der Waals surface area (Å²) in [6.07, 6.45) is 4.92. The average Bonchev–Trinajstić information content (AvgIpc) is 3.06. The lowest BCUT2D eigenvalue weighted by molar-refractivity contribution is 0.432. The Hall–Kier alpha value is -1.35. The molecular formula is C14H18N2O. The maximum absolute atomic E-state index is 5.75. The topological polar surface area (TPSA) is 38.1 Å². The van der Waals surface area contributed by atoms with Crippen LogP contribution in [-0.4, -0.2) is 18.1 Å². The largest absolute Gasteiger partial charge is 0.441 e. The number of nitrogens with one attached hydrogen (secondary N) is 1. The molecular weight excluding hydrogens is 212 g/mol. The van der Waals surface area contributed by atoms with Crippen LogP contribution >= 0.6 is 0 Å². The molecule has 1 heterocycles. The van der Waals surface area contributed by atoms with E-state index in [-0.39, 0.29) is 0 Å². The van der Waals surface area contributed by atoms with E-state index in [2.05, 4.69) is 10.3 Å². The van der Waals surface area contributed by atoms with E-state index in [9.17, 15) is 0 Å². The quantitative estimate of drug-likeness (QED) is 0.858. The van der Waals surface area contributed by atoms with Crippen molar-refractivity contribution >= 4 is 11.1 Å². The Morgan fingerprint density at radius 2 is 2.24 bits per heavy atom. The lowest BCUT2D eigenvalue weighted by atomic mass is 10.1. The number of fused-ring (bicyclic) bond motifs is 1. The Morgan fingerprint density at radius 1 is 1.41 bits per heavy atom. The fourth-order valence-corrected chi connectivity index (χ4v) is 2.28. The van der Waals surface area contributed by atoms with Gasteiger partial charge in [0.25, 0.3) is 0 Å². The predicted molar refractivity (Wildman–Crippen MR) is 67.9 cm³/mol. The van der Waals surface area contributed by atoms with Gasteiger partial charge in [-0.1, -0.05) is 25.0 Å². The van der Waals surface area contributed by atoms with Crippen LogP contribution in [0, 0.1) is 5.92 Å². The van der Waals surface area contributed by atoms with Gasteiger partial charge in [0.05, 0.1) is 0 Å². The molecule has 17 heavy (non-hydrogen) atoms. The molecule has 0 aliphatic heterocycles. The highest BCUT2D eigenvalue weighted by molar-refractivity contribution is 5.72. The second-order valence-electron chi connectivity index (χ2n) is 4.94. The van der Waals surface area contributed by atoms with E-state index in [0.717, 1.165) is 29.3 Å². The molecule has 1 N–H and O–H groups in total. The number of likely N-dealkylation sites (N-methyl/N-ethyl adjacent to an activating group) is 1. The zero-order valence-corrected chi connectivity index (χ0v) is 10.1. The lowest BCUT2D eigenvalue weighted by Crippen LogP contribution is -2.28. The third-order valence-electron chi connectivity index (χ3n) is 3.48. The fourth-order valence-electron chi connectivity index (χ4n) is 2.28. The molecule has 1 aromatic carbocycles. The molecule has 1 fully saturated rings. The van der Waals surface area contributed by atoms with Crippen LogP contribution in [0.25, 0.3) is 11.1 Å². The summed E-state index contributed by atoms with van der Waals surface area (Å²) in [6.45, 7) is 0. The highest BCUT2D eigenvalue weighted by Crippen LogP contribution is 2.34. The second-order valence-corrected chi connectivity index (χ2v) is 4.94. The third kappa shape index (κ3) is 2.50. The van der Waals surface area contributed by atoms with Gasteiger partial charge in [-0.3, -0.25) is 0 Å². The van der Waals surface area contributed by atoms with Gasteiger partial charge in [0.1, 0.15) is 5.52 Å². The van der Waals surface area contributed by atoms with E-state index in [1.165, 1.54) is 19.3 Å². The zero-order chi connectivity index (χ0) is 11.7. The maximum Gasteiger partial charge on any atom is 0.197 e. The van der Waals surface area contributed by atoms with Crippen LogP contribution < -0.4 is 5.32 Å². The SMILES string of the molecule is CNC(Cc1nc2ccccc2o1)CC1CC1. The number of hydrogen-bond donors (Lipinski definition) is 1. The molecule has 1 atom stereocenters. The van der Waals surface area contributed by atoms with Crippen molar-refractivity contribution in [2.75, 3.05) is 7.05 Å². The van der Waals surface area contributed by atoms with Crippen molar-refractivity contribution in [2.24, 2.45) is 5.92 Å².